The molecule has 2 N–H and O–H groups in total. The molecule has 25 heavy (non-hydrogen) atoms. The lowest BCUT2D eigenvalue weighted by atomic mass is 9.97. The Kier molecular flexibility index (Phi) is 5.38. The van der Waals surface area contributed by atoms with E-state index in [-0.39, 0.29) is 22.2 Å². The first-order valence-corrected chi connectivity index (χ1v) is 8.87. The van der Waals surface area contributed by atoms with E-state index in [4.69, 9.17) is 19.9 Å². The average Bonchev–Trinajstić information content (AvgIpc) is 2.51. The van der Waals surface area contributed by atoms with Crippen LogP contribution >= 0.6 is 11.8 Å². The van der Waals surface area contributed by atoms with E-state index in [9.17, 15) is 14.4 Å². The molecule has 1 fully saturated rings. The number of esters is 2. The minimum absolute atomic E-state index is 0.0177. The van der Waals surface area contributed by atoms with Crippen LogP contribution < -0.4 is 5.73 Å². The molecular formula is C16H24N2O6S. The van der Waals surface area contributed by atoms with E-state index in [1.807, 2.05) is 6.92 Å². The predicted molar refractivity (Wildman–Crippen MR) is 90.8 cm³/mol. The van der Waals surface area contributed by atoms with Crippen molar-refractivity contribution in [1.82, 2.24) is 4.90 Å². The Labute approximate surface area is 151 Å². The van der Waals surface area contributed by atoms with Crippen LogP contribution in [-0.2, 0) is 28.6 Å². The number of hydrogen-bond acceptors (Lipinski definition) is 8. The second kappa shape index (κ2) is 6.87. The molecule has 0 aromatic carbocycles. The number of thioether (sulfide) groups is 1. The quantitative estimate of drug-likeness (QED) is 0.441. The van der Waals surface area contributed by atoms with Crippen molar-refractivity contribution in [1.29, 1.82) is 0 Å². The monoisotopic (exact) mass is 372 g/mol. The molecule has 0 radical (unpaired) electrons. The number of nitrogens with two attached hydrogens (primary N) is 1. The largest absolute Gasteiger partial charge is 0.497 e. The topological polar surface area (TPSA) is 108 Å². The van der Waals surface area contributed by atoms with Crippen molar-refractivity contribution in [3.8, 4) is 0 Å². The lowest BCUT2D eigenvalue weighted by Crippen LogP contribution is -2.69. The molecule has 0 aromatic heterocycles. The fourth-order valence-corrected chi connectivity index (χ4v) is 3.84. The summed E-state index contributed by atoms with van der Waals surface area (Å²) in [5, 5.41) is -0.503. The SMILES string of the molecule is COC1=C(C(=O)OC(C)OC(=O)C(C)(C)C)N2C(=O)C(N)[C@H]2SC1C. The molecule has 9 heteroatoms. The number of fused-ring (bicyclic) bond motifs is 1. The standard InChI is InChI=1S/C16H24N2O6S/c1-7-11(22-6)10(18-12(19)9(17)13(18)25-7)14(20)23-8(2)24-15(21)16(3,4)5/h7-9,13H,17H2,1-6H3/t7?,8?,9?,13-/m1/s1. The summed E-state index contributed by atoms with van der Waals surface area (Å²) in [5.41, 5.74) is 5.10. The molecule has 2 heterocycles. The Morgan fingerprint density at radius 2 is 1.88 bits per heavy atom. The summed E-state index contributed by atoms with van der Waals surface area (Å²) in [6.45, 7) is 8.38. The number of hydrogen-bond donors (Lipinski definition) is 1. The zero-order valence-corrected chi connectivity index (χ0v) is 16.0. The van der Waals surface area contributed by atoms with Crippen molar-refractivity contribution in [2.24, 2.45) is 11.1 Å². The Bertz CT molecular complexity index is 627. The maximum Gasteiger partial charge on any atom is 0.361 e. The number of β-lactam (4-membered cyclic amide) rings is 1. The van der Waals surface area contributed by atoms with Crippen LogP contribution in [0.5, 0.6) is 0 Å². The summed E-state index contributed by atoms with van der Waals surface area (Å²) in [5.74, 6) is -1.32. The number of carbonyl (C=O) groups excluding carboxylic acids is 3. The Morgan fingerprint density at radius 1 is 1.28 bits per heavy atom. The molecule has 1 amide bonds. The minimum Gasteiger partial charge on any atom is -0.497 e. The van der Waals surface area contributed by atoms with Crippen molar-refractivity contribution in [2.75, 3.05) is 7.11 Å². The Balaban J connectivity index is 2.18. The summed E-state index contributed by atoms with van der Waals surface area (Å²) in [6, 6.07) is -0.662. The highest BCUT2D eigenvalue weighted by molar-refractivity contribution is 8.00. The van der Waals surface area contributed by atoms with E-state index in [2.05, 4.69) is 0 Å². The molecule has 0 aromatic rings. The van der Waals surface area contributed by atoms with Crippen LogP contribution in [-0.4, -0.2) is 52.8 Å². The second-order valence-electron chi connectivity index (χ2n) is 6.95. The van der Waals surface area contributed by atoms with Gasteiger partial charge in [0, 0.05) is 6.92 Å². The fraction of sp³-hybridized carbons (Fsp3) is 0.688. The molecule has 4 atom stereocenters. The number of amides is 1. The van der Waals surface area contributed by atoms with Crippen molar-refractivity contribution in [2.45, 2.75) is 57.6 Å². The number of methoxy groups -OCH3 is 1. The zero-order valence-electron chi connectivity index (χ0n) is 15.2. The predicted octanol–water partition coefficient (Wildman–Crippen LogP) is 0.954. The van der Waals surface area contributed by atoms with Gasteiger partial charge in [0.25, 0.3) is 0 Å². The Morgan fingerprint density at radius 3 is 2.40 bits per heavy atom. The van der Waals surface area contributed by atoms with Gasteiger partial charge in [0.15, 0.2) is 5.70 Å². The third-order valence-corrected chi connectivity index (χ3v) is 5.25. The van der Waals surface area contributed by atoms with Gasteiger partial charge in [-0.2, -0.15) is 0 Å². The van der Waals surface area contributed by atoms with E-state index in [0.29, 0.717) is 5.76 Å². The van der Waals surface area contributed by atoms with E-state index < -0.39 is 29.7 Å². The summed E-state index contributed by atoms with van der Waals surface area (Å²) < 4.78 is 15.6. The van der Waals surface area contributed by atoms with Gasteiger partial charge in [0.2, 0.25) is 12.2 Å². The highest BCUT2D eigenvalue weighted by Gasteiger charge is 2.54. The molecule has 0 bridgehead atoms. The fourth-order valence-electron chi connectivity index (χ4n) is 2.47. The van der Waals surface area contributed by atoms with Crippen LogP contribution in [0.15, 0.2) is 11.5 Å². The first-order valence-electron chi connectivity index (χ1n) is 7.93. The maximum atomic E-state index is 12.6. The molecule has 1 saturated heterocycles. The molecule has 3 unspecified atom stereocenters. The summed E-state index contributed by atoms with van der Waals surface area (Å²) >= 11 is 1.44. The highest BCUT2D eigenvalue weighted by Crippen LogP contribution is 2.43. The molecule has 2 aliphatic rings. The zero-order chi connectivity index (χ0) is 19.1. The first-order chi connectivity index (χ1) is 11.5. The normalized spacial score (nSPS) is 27.2. The van der Waals surface area contributed by atoms with Gasteiger partial charge in [-0.25, -0.2) is 4.79 Å². The van der Waals surface area contributed by atoms with Crippen molar-refractivity contribution < 1.29 is 28.6 Å². The third-order valence-electron chi connectivity index (χ3n) is 3.84. The number of rotatable bonds is 4. The van der Waals surface area contributed by atoms with Gasteiger partial charge in [0.05, 0.1) is 17.8 Å². The van der Waals surface area contributed by atoms with Gasteiger partial charge in [-0.05, 0) is 27.7 Å². The van der Waals surface area contributed by atoms with Gasteiger partial charge >= 0.3 is 11.9 Å². The molecule has 0 spiro atoms. The van der Waals surface area contributed by atoms with Crippen LogP contribution in [0.3, 0.4) is 0 Å². The van der Waals surface area contributed by atoms with Gasteiger partial charge in [-0.1, -0.05) is 0 Å². The summed E-state index contributed by atoms with van der Waals surface area (Å²) in [6.07, 6.45) is -1.10. The summed E-state index contributed by atoms with van der Waals surface area (Å²) in [7, 11) is 1.42. The average molecular weight is 372 g/mol. The van der Waals surface area contributed by atoms with Crippen LogP contribution in [0.1, 0.15) is 34.6 Å². The first kappa shape index (κ1) is 19.6. The Hall–Kier alpha value is -1.74. The van der Waals surface area contributed by atoms with E-state index in [1.165, 1.54) is 30.7 Å². The molecule has 0 aliphatic carbocycles. The molecule has 0 saturated carbocycles. The van der Waals surface area contributed by atoms with Crippen LogP contribution in [0, 0.1) is 5.41 Å². The van der Waals surface area contributed by atoms with Crippen LogP contribution in [0.2, 0.25) is 0 Å². The molecule has 140 valence electrons. The molecule has 2 aliphatic heterocycles. The highest BCUT2D eigenvalue weighted by atomic mass is 32.2. The van der Waals surface area contributed by atoms with Gasteiger partial charge in [-0.15, -0.1) is 11.8 Å². The van der Waals surface area contributed by atoms with Crippen LogP contribution in [0.25, 0.3) is 0 Å². The van der Waals surface area contributed by atoms with Crippen molar-refractivity contribution in [3.05, 3.63) is 11.5 Å². The van der Waals surface area contributed by atoms with Crippen molar-refractivity contribution in [3.63, 3.8) is 0 Å². The molecule has 2 rings (SSSR count). The maximum absolute atomic E-state index is 12.6. The minimum atomic E-state index is -1.10. The third kappa shape index (κ3) is 3.62. The second-order valence-corrected chi connectivity index (χ2v) is 8.41. The van der Waals surface area contributed by atoms with E-state index in [1.54, 1.807) is 20.8 Å². The van der Waals surface area contributed by atoms with Crippen molar-refractivity contribution >= 4 is 29.6 Å². The number of carbonyl (C=O) groups is 3. The molecule has 8 nitrogen and oxygen atoms in total. The van der Waals surface area contributed by atoms with E-state index in [0.717, 1.165) is 0 Å². The van der Waals surface area contributed by atoms with Gasteiger partial charge < -0.3 is 19.9 Å². The van der Waals surface area contributed by atoms with Gasteiger partial charge in [0.1, 0.15) is 17.2 Å². The summed E-state index contributed by atoms with van der Waals surface area (Å²) in [4.78, 5) is 37.9. The number of ether oxygens (including phenoxy) is 3. The number of nitrogens with zero attached hydrogens (tertiary/aromatic N) is 1. The van der Waals surface area contributed by atoms with E-state index >= 15 is 0 Å². The van der Waals surface area contributed by atoms with Crippen LogP contribution in [0.4, 0.5) is 0 Å². The van der Waals surface area contributed by atoms with Gasteiger partial charge in [-0.3, -0.25) is 14.5 Å². The lowest BCUT2D eigenvalue weighted by molar-refractivity contribution is -0.190. The lowest BCUT2D eigenvalue weighted by Gasteiger charge is -2.49. The smallest absolute Gasteiger partial charge is 0.361 e. The molecular weight excluding hydrogens is 348 g/mol.